The first kappa shape index (κ1) is 10.1. The van der Waals surface area contributed by atoms with Gasteiger partial charge >= 0.3 is 0 Å². The average Bonchev–Trinajstić information content (AvgIpc) is 2.04. The molecule has 1 unspecified atom stereocenters. The van der Waals surface area contributed by atoms with Crippen molar-refractivity contribution in [3.05, 3.63) is 35.4 Å². The third kappa shape index (κ3) is 2.48. The van der Waals surface area contributed by atoms with Crippen molar-refractivity contribution in [3.8, 4) is 0 Å². The van der Waals surface area contributed by atoms with Gasteiger partial charge in [0.15, 0.2) is 0 Å². The number of hydrogen-bond acceptors (Lipinski definition) is 2. The van der Waals surface area contributed by atoms with Crippen LogP contribution in [-0.4, -0.2) is 3.79 Å². The minimum absolute atomic E-state index is 0.0750. The molecule has 0 aliphatic carbocycles. The van der Waals surface area contributed by atoms with Gasteiger partial charge in [0.25, 0.3) is 0 Å². The summed E-state index contributed by atoms with van der Waals surface area (Å²) in [6, 6.07) is 7.53. The summed E-state index contributed by atoms with van der Waals surface area (Å²) in [4.78, 5) is 10.9. The fourth-order valence-corrected chi connectivity index (χ4v) is 1.42. The number of hydrogen-bond donors (Lipinski definition) is 1. The largest absolute Gasteiger partial charge is 0.282 e. The standard InChI is InChI=1S/C9H9IOS/c1-6(12)7-2-4-8(5-3-7)9(10)11/h2-6,12H,1H3. The van der Waals surface area contributed by atoms with Crippen molar-refractivity contribution in [2.24, 2.45) is 0 Å². The zero-order valence-corrected chi connectivity index (χ0v) is 9.67. The third-order valence-electron chi connectivity index (χ3n) is 1.62. The lowest BCUT2D eigenvalue weighted by Gasteiger charge is -2.03. The average molecular weight is 292 g/mol. The van der Waals surface area contributed by atoms with E-state index in [9.17, 15) is 4.79 Å². The van der Waals surface area contributed by atoms with E-state index in [1.807, 2.05) is 31.2 Å². The van der Waals surface area contributed by atoms with E-state index in [0.29, 0.717) is 0 Å². The number of benzene rings is 1. The first-order valence-corrected chi connectivity index (χ1v) is 5.18. The molecule has 0 amide bonds. The molecule has 0 bridgehead atoms. The molecule has 0 saturated heterocycles. The highest BCUT2D eigenvalue weighted by Gasteiger charge is 2.02. The van der Waals surface area contributed by atoms with Crippen molar-refractivity contribution >= 4 is 39.0 Å². The molecule has 1 aromatic rings. The molecule has 12 heavy (non-hydrogen) atoms. The van der Waals surface area contributed by atoms with E-state index < -0.39 is 0 Å². The summed E-state index contributed by atoms with van der Waals surface area (Å²) in [6.45, 7) is 2.00. The van der Waals surface area contributed by atoms with E-state index in [-0.39, 0.29) is 9.04 Å². The number of carbonyl (C=O) groups excluding carboxylic acids is 1. The molecule has 0 aromatic heterocycles. The van der Waals surface area contributed by atoms with Gasteiger partial charge in [-0.25, -0.2) is 0 Å². The summed E-state index contributed by atoms with van der Waals surface area (Å²) < 4.78 is 0.0750. The molecule has 1 atom stereocenters. The minimum Gasteiger partial charge on any atom is -0.282 e. The molecular formula is C9H9IOS. The zero-order chi connectivity index (χ0) is 9.14. The summed E-state index contributed by atoms with van der Waals surface area (Å²) in [5.41, 5.74) is 1.88. The van der Waals surface area contributed by atoms with Crippen molar-refractivity contribution in [2.75, 3.05) is 0 Å². The van der Waals surface area contributed by atoms with Gasteiger partial charge in [0.05, 0.1) is 0 Å². The van der Waals surface area contributed by atoms with Crippen molar-refractivity contribution in [1.82, 2.24) is 0 Å². The van der Waals surface area contributed by atoms with Crippen LogP contribution in [0.3, 0.4) is 0 Å². The van der Waals surface area contributed by atoms with Gasteiger partial charge in [-0.2, -0.15) is 12.6 Å². The number of rotatable bonds is 2. The van der Waals surface area contributed by atoms with Crippen LogP contribution in [0.1, 0.15) is 28.1 Å². The van der Waals surface area contributed by atoms with Crippen molar-refractivity contribution in [1.29, 1.82) is 0 Å². The van der Waals surface area contributed by atoms with E-state index >= 15 is 0 Å². The summed E-state index contributed by atoms with van der Waals surface area (Å²) in [6.07, 6.45) is 0. The smallest absolute Gasteiger partial charge is 0.222 e. The highest BCUT2D eigenvalue weighted by atomic mass is 127. The van der Waals surface area contributed by atoms with Gasteiger partial charge in [0.2, 0.25) is 3.79 Å². The van der Waals surface area contributed by atoms with Crippen LogP contribution in [0.2, 0.25) is 0 Å². The predicted molar refractivity (Wildman–Crippen MR) is 62.2 cm³/mol. The van der Waals surface area contributed by atoms with E-state index in [1.165, 1.54) is 0 Å². The fourth-order valence-electron chi connectivity index (χ4n) is 0.893. The Balaban J connectivity index is 2.93. The van der Waals surface area contributed by atoms with Gasteiger partial charge in [-0.05, 0) is 12.5 Å². The minimum atomic E-state index is 0.0750. The Bertz CT molecular complexity index is 279. The molecule has 64 valence electrons. The highest BCUT2D eigenvalue weighted by molar-refractivity contribution is 14.1. The van der Waals surface area contributed by atoms with Gasteiger partial charge in [0, 0.05) is 33.4 Å². The normalized spacial score (nSPS) is 12.6. The lowest BCUT2D eigenvalue weighted by atomic mass is 10.1. The Morgan fingerprint density at radius 3 is 2.25 bits per heavy atom. The topological polar surface area (TPSA) is 17.1 Å². The van der Waals surface area contributed by atoms with Crippen LogP contribution in [0.4, 0.5) is 0 Å². The van der Waals surface area contributed by atoms with Gasteiger partial charge in [-0.15, -0.1) is 0 Å². The van der Waals surface area contributed by atoms with E-state index in [0.717, 1.165) is 11.1 Å². The van der Waals surface area contributed by atoms with Crippen LogP contribution < -0.4 is 0 Å². The third-order valence-corrected chi connectivity index (χ3v) is 2.54. The summed E-state index contributed by atoms with van der Waals surface area (Å²) in [5, 5.41) is 0.225. The van der Waals surface area contributed by atoms with E-state index in [1.54, 1.807) is 22.6 Å². The fraction of sp³-hybridized carbons (Fsp3) is 0.222. The predicted octanol–water partition coefficient (Wildman–Crippen LogP) is 3.25. The van der Waals surface area contributed by atoms with Gasteiger partial charge in [0.1, 0.15) is 0 Å². The van der Waals surface area contributed by atoms with Gasteiger partial charge < -0.3 is 0 Å². The number of halogens is 1. The zero-order valence-electron chi connectivity index (χ0n) is 6.62. The molecule has 0 aliphatic heterocycles. The summed E-state index contributed by atoms with van der Waals surface area (Å²) >= 11 is 6.07. The molecule has 1 nitrogen and oxygen atoms in total. The molecule has 0 saturated carbocycles. The van der Waals surface area contributed by atoms with Crippen molar-refractivity contribution in [3.63, 3.8) is 0 Å². The molecule has 0 radical (unpaired) electrons. The van der Waals surface area contributed by atoms with Crippen molar-refractivity contribution < 1.29 is 4.79 Å². The second-order valence-corrected chi connectivity index (χ2v) is 4.33. The first-order chi connectivity index (χ1) is 5.61. The molecule has 0 fully saturated rings. The van der Waals surface area contributed by atoms with Crippen LogP contribution in [0.5, 0.6) is 0 Å². The van der Waals surface area contributed by atoms with Crippen LogP contribution >= 0.6 is 35.2 Å². The molecule has 0 heterocycles. The van der Waals surface area contributed by atoms with Crippen LogP contribution in [0.25, 0.3) is 0 Å². The first-order valence-electron chi connectivity index (χ1n) is 3.59. The van der Waals surface area contributed by atoms with Crippen LogP contribution in [-0.2, 0) is 0 Å². The lowest BCUT2D eigenvalue weighted by molar-refractivity contribution is 0.110. The molecule has 0 aliphatic rings. The SMILES string of the molecule is CC(S)c1ccc(C(=O)I)cc1. The maximum Gasteiger partial charge on any atom is 0.222 e. The maximum atomic E-state index is 10.9. The van der Waals surface area contributed by atoms with E-state index in [4.69, 9.17) is 0 Å². The number of carbonyl (C=O) groups is 1. The maximum absolute atomic E-state index is 10.9. The molecule has 3 heteroatoms. The quantitative estimate of drug-likeness (QED) is 0.503. The molecule has 1 rings (SSSR count). The monoisotopic (exact) mass is 292 g/mol. The Labute approximate surface area is 91.1 Å². The van der Waals surface area contributed by atoms with Gasteiger partial charge in [-0.3, -0.25) is 4.79 Å². The molecule has 1 aromatic carbocycles. The molecule has 0 N–H and O–H groups in total. The van der Waals surface area contributed by atoms with Crippen LogP contribution in [0, 0.1) is 0 Å². The second kappa shape index (κ2) is 4.28. The van der Waals surface area contributed by atoms with E-state index in [2.05, 4.69) is 12.6 Å². The molecule has 0 spiro atoms. The molecular weight excluding hydrogens is 283 g/mol. The van der Waals surface area contributed by atoms with Gasteiger partial charge in [-0.1, -0.05) is 24.3 Å². The van der Waals surface area contributed by atoms with Crippen molar-refractivity contribution in [2.45, 2.75) is 12.2 Å². The summed E-state index contributed by atoms with van der Waals surface area (Å²) in [7, 11) is 0. The Morgan fingerprint density at radius 1 is 1.42 bits per heavy atom. The Hall–Kier alpha value is -0.0300. The Kier molecular flexibility index (Phi) is 3.58. The van der Waals surface area contributed by atoms with Crippen LogP contribution in [0.15, 0.2) is 24.3 Å². The number of thiol groups is 1. The summed E-state index contributed by atoms with van der Waals surface area (Å²) in [5.74, 6) is 0. The highest BCUT2D eigenvalue weighted by Crippen LogP contribution is 2.19. The Morgan fingerprint density at radius 2 is 1.92 bits per heavy atom. The second-order valence-electron chi connectivity index (χ2n) is 2.57. The lowest BCUT2D eigenvalue weighted by Crippen LogP contribution is -1.89.